The fourth-order valence-electron chi connectivity index (χ4n) is 0.968. The van der Waals surface area contributed by atoms with Crippen LogP contribution in [-0.2, 0) is 9.53 Å². The molecule has 1 unspecified atom stereocenters. The molecule has 15 heavy (non-hydrogen) atoms. The minimum Gasteiger partial charge on any atom is -0.383 e. The quantitative estimate of drug-likeness (QED) is 0.850. The van der Waals surface area contributed by atoms with E-state index in [0.29, 0.717) is 12.4 Å². The van der Waals surface area contributed by atoms with Crippen LogP contribution in [0, 0.1) is 6.92 Å². The third kappa shape index (κ3) is 3.97. The molecule has 1 N–H and O–H groups in total. The summed E-state index contributed by atoms with van der Waals surface area (Å²) in [5, 5.41) is 2.68. The van der Waals surface area contributed by atoms with Gasteiger partial charge in [-0.3, -0.25) is 4.79 Å². The number of nitrogens with zero attached hydrogens (tertiary/aromatic N) is 1. The zero-order chi connectivity index (χ0) is 11.3. The highest BCUT2D eigenvalue weighted by Crippen LogP contribution is 2.07. The van der Waals surface area contributed by atoms with Crippen molar-refractivity contribution < 1.29 is 9.53 Å². The van der Waals surface area contributed by atoms with Gasteiger partial charge in [-0.05, 0) is 18.6 Å². The maximum atomic E-state index is 11.5. The van der Waals surface area contributed by atoms with Gasteiger partial charge in [0, 0.05) is 13.3 Å². The van der Waals surface area contributed by atoms with E-state index in [0.717, 1.165) is 5.56 Å². The van der Waals surface area contributed by atoms with Crippen LogP contribution >= 0.6 is 15.9 Å². The number of anilines is 1. The Morgan fingerprint density at radius 3 is 2.93 bits per heavy atom. The van der Waals surface area contributed by atoms with Gasteiger partial charge in [-0.1, -0.05) is 22.0 Å². The summed E-state index contributed by atoms with van der Waals surface area (Å²) in [7, 11) is 1.55. The van der Waals surface area contributed by atoms with Gasteiger partial charge in [0.2, 0.25) is 5.91 Å². The number of hydrogen-bond acceptors (Lipinski definition) is 3. The van der Waals surface area contributed by atoms with E-state index in [1.54, 1.807) is 19.4 Å². The minimum atomic E-state index is -0.356. The predicted octanol–water partition coefficient (Wildman–Crippen LogP) is 1.74. The Bertz CT molecular complexity index is 327. The van der Waals surface area contributed by atoms with Crippen LogP contribution in [0.4, 0.5) is 5.82 Å². The normalized spacial score (nSPS) is 12.2. The highest BCUT2D eigenvalue weighted by Gasteiger charge is 2.14. The van der Waals surface area contributed by atoms with Gasteiger partial charge >= 0.3 is 0 Å². The fraction of sp³-hybridized carbons (Fsp3) is 0.400. The summed E-state index contributed by atoms with van der Waals surface area (Å²) in [5.74, 6) is 0.388. The van der Waals surface area contributed by atoms with E-state index >= 15 is 0 Å². The predicted molar refractivity (Wildman–Crippen MR) is 62.2 cm³/mol. The lowest BCUT2D eigenvalue weighted by atomic mass is 10.3. The molecule has 0 aliphatic carbocycles. The fourth-order valence-corrected chi connectivity index (χ4v) is 1.35. The first-order valence-electron chi connectivity index (χ1n) is 4.50. The van der Waals surface area contributed by atoms with Gasteiger partial charge in [0.25, 0.3) is 0 Å². The molecular weight excluding hydrogens is 260 g/mol. The second-order valence-corrected chi connectivity index (χ2v) is 4.24. The molecule has 0 aliphatic rings. The van der Waals surface area contributed by atoms with E-state index in [1.165, 1.54) is 0 Å². The number of ether oxygens (including phenoxy) is 1. The number of methoxy groups -OCH3 is 1. The lowest BCUT2D eigenvalue weighted by Gasteiger charge is -2.09. The second kappa shape index (κ2) is 5.82. The first-order valence-corrected chi connectivity index (χ1v) is 5.41. The SMILES string of the molecule is COCC(Br)C(=O)Nc1ccc(C)cn1. The van der Waals surface area contributed by atoms with Crippen molar-refractivity contribution in [3.05, 3.63) is 23.9 Å². The number of pyridine rings is 1. The van der Waals surface area contributed by atoms with Crippen molar-refractivity contribution in [3.8, 4) is 0 Å². The van der Waals surface area contributed by atoms with Gasteiger partial charge in [0.1, 0.15) is 10.6 Å². The second-order valence-electron chi connectivity index (χ2n) is 3.13. The van der Waals surface area contributed by atoms with Gasteiger partial charge in [0.05, 0.1) is 6.61 Å². The molecule has 0 aromatic carbocycles. The van der Waals surface area contributed by atoms with E-state index in [1.807, 2.05) is 13.0 Å². The highest BCUT2D eigenvalue weighted by atomic mass is 79.9. The number of hydrogen-bond donors (Lipinski definition) is 1. The molecule has 0 saturated heterocycles. The van der Waals surface area contributed by atoms with Crippen molar-refractivity contribution in [1.82, 2.24) is 4.98 Å². The Balaban J connectivity index is 2.54. The van der Waals surface area contributed by atoms with Gasteiger partial charge < -0.3 is 10.1 Å². The molecule has 1 amide bonds. The maximum absolute atomic E-state index is 11.5. The number of rotatable bonds is 4. The van der Waals surface area contributed by atoms with Crippen molar-refractivity contribution in [2.24, 2.45) is 0 Å². The molecule has 0 bridgehead atoms. The molecule has 1 rings (SSSR count). The Morgan fingerprint density at radius 1 is 1.67 bits per heavy atom. The number of halogens is 1. The molecule has 0 saturated carbocycles. The number of aryl methyl sites for hydroxylation is 1. The zero-order valence-electron chi connectivity index (χ0n) is 8.66. The molecule has 1 atom stereocenters. The standard InChI is InChI=1S/C10H13BrN2O2/c1-7-3-4-9(12-5-7)13-10(14)8(11)6-15-2/h3-5,8H,6H2,1-2H3,(H,12,13,14). The molecule has 0 fully saturated rings. The van der Waals surface area contributed by atoms with E-state index in [9.17, 15) is 4.79 Å². The molecule has 1 heterocycles. The average molecular weight is 273 g/mol. The number of amides is 1. The Kier molecular flexibility index (Phi) is 4.71. The van der Waals surface area contributed by atoms with Gasteiger partial charge in [-0.25, -0.2) is 4.98 Å². The smallest absolute Gasteiger partial charge is 0.241 e. The van der Waals surface area contributed by atoms with Crippen LogP contribution in [0.15, 0.2) is 18.3 Å². The van der Waals surface area contributed by atoms with Crippen molar-refractivity contribution >= 4 is 27.7 Å². The average Bonchev–Trinajstić information content (AvgIpc) is 2.22. The summed E-state index contributed by atoms with van der Waals surface area (Å²) in [6.45, 7) is 2.27. The molecule has 0 radical (unpaired) electrons. The van der Waals surface area contributed by atoms with Crippen LogP contribution < -0.4 is 5.32 Å². The summed E-state index contributed by atoms with van der Waals surface area (Å²) in [4.78, 5) is 15.2. The van der Waals surface area contributed by atoms with E-state index in [4.69, 9.17) is 4.74 Å². The number of alkyl halides is 1. The zero-order valence-corrected chi connectivity index (χ0v) is 10.2. The van der Waals surface area contributed by atoms with Crippen molar-refractivity contribution in [1.29, 1.82) is 0 Å². The van der Waals surface area contributed by atoms with Crippen molar-refractivity contribution in [2.75, 3.05) is 19.0 Å². The largest absolute Gasteiger partial charge is 0.383 e. The van der Waals surface area contributed by atoms with Crippen LogP contribution in [0.3, 0.4) is 0 Å². The third-order valence-electron chi connectivity index (χ3n) is 1.76. The summed E-state index contributed by atoms with van der Waals surface area (Å²) in [6, 6.07) is 3.65. The Labute approximate surface area is 97.2 Å². The van der Waals surface area contributed by atoms with Crippen LogP contribution in [-0.4, -0.2) is 29.4 Å². The topological polar surface area (TPSA) is 51.2 Å². The lowest BCUT2D eigenvalue weighted by Crippen LogP contribution is -2.26. The molecular formula is C10H13BrN2O2. The van der Waals surface area contributed by atoms with Crippen LogP contribution in [0.1, 0.15) is 5.56 Å². The maximum Gasteiger partial charge on any atom is 0.241 e. The number of carbonyl (C=O) groups is 1. The van der Waals surface area contributed by atoms with Gasteiger partial charge in [-0.2, -0.15) is 0 Å². The number of carbonyl (C=O) groups excluding carboxylic acids is 1. The minimum absolute atomic E-state index is 0.159. The van der Waals surface area contributed by atoms with E-state index in [2.05, 4.69) is 26.2 Å². The lowest BCUT2D eigenvalue weighted by molar-refractivity contribution is -0.116. The molecule has 5 heteroatoms. The molecule has 1 aromatic heterocycles. The molecule has 0 aliphatic heterocycles. The molecule has 0 spiro atoms. The summed E-state index contributed by atoms with van der Waals surface area (Å²) < 4.78 is 4.85. The Hall–Kier alpha value is -0.940. The van der Waals surface area contributed by atoms with Crippen LogP contribution in [0.25, 0.3) is 0 Å². The summed E-state index contributed by atoms with van der Waals surface area (Å²) in [5.41, 5.74) is 1.06. The first-order chi connectivity index (χ1) is 7.13. The van der Waals surface area contributed by atoms with Crippen molar-refractivity contribution in [2.45, 2.75) is 11.8 Å². The third-order valence-corrected chi connectivity index (χ3v) is 2.44. The first kappa shape index (κ1) is 12.1. The van der Waals surface area contributed by atoms with Crippen LogP contribution in [0.5, 0.6) is 0 Å². The van der Waals surface area contributed by atoms with E-state index in [-0.39, 0.29) is 10.7 Å². The highest BCUT2D eigenvalue weighted by molar-refractivity contribution is 9.10. The Morgan fingerprint density at radius 2 is 2.40 bits per heavy atom. The summed E-state index contributed by atoms with van der Waals surface area (Å²) in [6.07, 6.45) is 1.70. The molecule has 4 nitrogen and oxygen atoms in total. The molecule has 1 aromatic rings. The van der Waals surface area contributed by atoms with Crippen LogP contribution in [0.2, 0.25) is 0 Å². The van der Waals surface area contributed by atoms with E-state index < -0.39 is 0 Å². The van der Waals surface area contributed by atoms with Gasteiger partial charge in [-0.15, -0.1) is 0 Å². The van der Waals surface area contributed by atoms with Crippen molar-refractivity contribution in [3.63, 3.8) is 0 Å². The van der Waals surface area contributed by atoms with Gasteiger partial charge in [0.15, 0.2) is 0 Å². The molecule has 82 valence electrons. The summed E-state index contributed by atoms with van der Waals surface area (Å²) >= 11 is 3.21. The number of nitrogens with one attached hydrogen (secondary N) is 1. The number of aromatic nitrogens is 1. The monoisotopic (exact) mass is 272 g/mol.